The van der Waals surface area contributed by atoms with E-state index in [1.807, 2.05) is 18.2 Å². The van der Waals surface area contributed by atoms with E-state index < -0.39 is 12.1 Å². The number of methoxy groups -OCH3 is 1. The minimum Gasteiger partial charge on any atom is -0.489 e. The first-order valence-electron chi connectivity index (χ1n) is 11.1. The summed E-state index contributed by atoms with van der Waals surface area (Å²) < 4.78 is 21.9. The molecule has 0 radical (unpaired) electrons. The van der Waals surface area contributed by atoms with Crippen molar-refractivity contribution in [2.45, 2.75) is 31.0 Å². The van der Waals surface area contributed by atoms with E-state index in [0.717, 1.165) is 48.7 Å². The molecule has 34 heavy (non-hydrogen) atoms. The molecule has 0 unspecified atom stereocenters. The summed E-state index contributed by atoms with van der Waals surface area (Å²) in [7, 11) is 1.27. The number of benzene rings is 2. The predicted molar refractivity (Wildman–Crippen MR) is 129 cm³/mol. The lowest BCUT2D eigenvalue weighted by Crippen LogP contribution is -2.49. The van der Waals surface area contributed by atoms with Gasteiger partial charge in [0.2, 0.25) is 0 Å². The SMILES string of the molecule is COC(=O)COc1cc(OC[C@@H](O)CN2CCC3(CC2)Cc2cc(Cl)ccc2O3)c(N)cc1Cl. The summed E-state index contributed by atoms with van der Waals surface area (Å²) in [6, 6.07) is 8.75. The maximum atomic E-state index is 11.3. The molecule has 0 aliphatic carbocycles. The van der Waals surface area contributed by atoms with Crippen molar-refractivity contribution < 1.29 is 28.8 Å². The van der Waals surface area contributed by atoms with Crippen LogP contribution >= 0.6 is 23.2 Å². The van der Waals surface area contributed by atoms with E-state index >= 15 is 0 Å². The zero-order chi connectivity index (χ0) is 24.3. The van der Waals surface area contributed by atoms with E-state index in [2.05, 4.69) is 9.64 Å². The molecule has 4 rings (SSSR count). The molecule has 1 atom stereocenters. The molecule has 2 aromatic rings. The number of nitrogen functional groups attached to an aromatic ring is 1. The second-order valence-electron chi connectivity index (χ2n) is 8.66. The van der Waals surface area contributed by atoms with Gasteiger partial charge in [0.05, 0.1) is 17.8 Å². The van der Waals surface area contributed by atoms with E-state index in [9.17, 15) is 9.90 Å². The molecule has 184 valence electrons. The number of halogens is 2. The average Bonchev–Trinajstić information content (AvgIpc) is 3.16. The van der Waals surface area contributed by atoms with Crippen LogP contribution in [0.3, 0.4) is 0 Å². The highest BCUT2D eigenvalue weighted by molar-refractivity contribution is 6.32. The van der Waals surface area contributed by atoms with Gasteiger partial charge in [0.25, 0.3) is 0 Å². The number of aliphatic hydroxyl groups excluding tert-OH is 1. The third kappa shape index (κ3) is 5.81. The second kappa shape index (κ2) is 10.5. The van der Waals surface area contributed by atoms with Crippen molar-refractivity contribution in [1.29, 1.82) is 0 Å². The molecule has 0 amide bonds. The minimum atomic E-state index is -0.718. The fourth-order valence-corrected chi connectivity index (χ4v) is 4.76. The predicted octanol–water partition coefficient (Wildman–Crippen LogP) is 3.34. The van der Waals surface area contributed by atoms with Crippen LogP contribution in [0.5, 0.6) is 17.2 Å². The Labute approximate surface area is 208 Å². The molecule has 2 aromatic carbocycles. The van der Waals surface area contributed by atoms with Gasteiger partial charge in [-0.3, -0.25) is 0 Å². The van der Waals surface area contributed by atoms with Gasteiger partial charge >= 0.3 is 5.97 Å². The van der Waals surface area contributed by atoms with Crippen LogP contribution in [0, 0.1) is 0 Å². The topological polar surface area (TPSA) is 103 Å². The van der Waals surface area contributed by atoms with Crippen molar-refractivity contribution >= 4 is 34.9 Å². The first-order valence-corrected chi connectivity index (χ1v) is 11.8. The van der Waals surface area contributed by atoms with E-state index in [1.165, 1.54) is 19.2 Å². The summed E-state index contributed by atoms with van der Waals surface area (Å²) in [6.45, 7) is 1.85. The fraction of sp³-hybridized carbons (Fsp3) is 0.458. The van der Waals surface area contributed by atoms with Gasteiger partial charge in [-0.15, -0.1) is 0 Å². The number of β-amino-alcohol motifs (C(OH)–C–C–N with tert-alkyl or cyclic N) is 1. The first kappa shape index (κ1) is 24.7. The van der Waals surface area contributed by atoms with Gasteiger partial charge in [-0.2, -0.15) is 0 Å². The van der Waals surface area contributed by atoms with E-state index in [4.69, 9.17) is 43.1 Å². The Hall–Kier alpha value is -2.39. The Morgan fingerprint density at radius 1 is 1.21 bits per heavy atom. The zero-order valence-corrected chi connectivity index (χ0v) is 20.4. The van der Waals surface area contributed by atoms with E-state index in [1.54, 1.807) is 0 Å². The number of nitrogens with two attached hydrogens (primary N) is 1. The largest absolute Gasteiger partial charge is 0.489 e. The Morgan fingerprint density at radius 3 is 2.71 bits per heavy atom. The van der Waals surface area contributed by atoms with Crippen LogP contribution < -0.4 is 19.9 Å². The molecular weight excluding hydrogens is 483 g/mol. The van der Waals surface area contributed by atoms with E-state index in [-0.39, 0.29) is 29.6 Å². The molecule has 8 nitrogen and oxygen atoms in total. The lowest BCUT2D eigenvalue weighted by Gasteiger charge is -2.39. The number of carbonyl (C=O) groups excluding carboxylic acids is 1. The molecule has 2 aliphatic rings. The van der Waals surface area contributed by atoms with Crippen molar-refractivity contribution in [3.8, 4) is 17.2 Å². The van der Waals surface area contributed by atoms with Crippen molar-refractivity contribution in [1.82, 2.24) is 4.90 Å². The molecule has 1 fully saturated rings. The van der Waals surface area contributed by atoms with Gasteiger partial charge < -0.3 is 34.7 Å². The fourth-order valence-electron chi connectivity index (χ4n) is 4.34. The maximum absolute atomic E-state index is 11.3. The highest BCUT2D eigenvalue weighted by Gasteiger charge is 2.42. The van der Waals surface area contributed by atoms with Gasteiger partial charge in [0.15, 0.2) is 6.61 Å². The molecule has 1 spiro atoms. The van der Waals surface area contributed by atoms with Crippen LogP contribution in [-0.4, -0.2) is 67.6 Å². The zero-order valence-electron chi connectivity index (χ0n) is 18.9. The van der Waals surface area contributed by atoms with Crippen LogP contribution in [-0.2, 0) is 16.0 Å². The number of hydrogen-bond donors (Lipinski definition) is 2. The number of ether oxygens (including phenoxy) is 4. The number of likely N-dealkylation sites (tertiary alicyclic amines) is 1. The van der Waals surface area contributed by atoms with Gasteiger partial charge in [-0.05, 0) is 29.8 Å². The average molecular weight is 511 g/mol. The Kier molecular flexibility index (Phi) is 7.62. The monoisotopic (exact) mass is 510 g/mol. The summed E-state index contributed by atoms with van der Waals surface area (Å²) in [5, 5.41) is 11.5. The van der Waals surface area contributed by atoms with Crippen molar-refractivity contribution in [2.24, 2.45) is 0 Å². The summed E-state index contributed by atoms with van der Waals surface area (Å²) in [4.78, 5) is 13.5. The van der Waals surface area contributed by atoms with Crippen LogP contribution in [0.2, 0.25) is 10.0 Å². The van der Waals surface area contributed by atoms with Crippen LogP contribution in [0.1, 0.15) is 18.4 Å². The molecular formula is C24H28Cl2N2O6. The number of hydrogen-bond acceptors (Lipinski definition) is 8. The number of nitrogens with zero attached hydrogens (tertiary/aromatic N) is 1. The quantitative estimate of drug-likeness (QED) is 0.411. The Balaban J connectivity index is 1.26. The molecule has 2 aliphatic heterocycles. The molecule has 0 bridgehead atoms. The van der Waals surface area contributed by atoms with Crippen LogP contribution in [0.15, 0.2) is 30.3 Å². The van der Waals surface area contributed by atoms with Gasteiger partial charge in [0, 0.05) is 50.0 Å². The molecule has 1 saturated heterocycles. The highest BCUT2D eigenvalue weighted by Crippen LogP contribution is 2.42. The summed E-state index contributed by atoms with van der Waals surface area (Å²) in [5.41, 5.74) is 7.26. The minimum absolute atomic E-state index is 0.0460. The number of rotatable bonds is 8. The molecule has 10 heteroatoms. The highest BCUT2D eigenvalue weighted by atomic mass is 35.5. The van der Waals surface area contributed by atoms with Gasteiger partial charge in [-0.1, -0.05) is 23.2 Å². The molecule has 0 aromatic heterocycles. The number of fused-ring (bicyclic) bond motifs is 1. The lowest BCUT2D eigenvalue weighted by molar-refractivity contribution is -0.142. The summed E-state index contributed by atoms with van der Waals surface area (Å²) in [5.74, 6) is 0.939. The van der Waals surface area contributed by atoms with Crippen LogP contribution in [0.4, 0.5) is 5.69 Å². The molecule has 3 N–H and O–H groups in total. The number of piperidine rings is 1. The first-order chi connectivity index (χ1) is 16.3. The van der Waals surface area contributed by atoms with Gasteiger partial charge in [-0.25, -0.2) is 4.79 Å². The molecule has 2 heterocycles. The Bertz CT molecular complexity index is 1040. The second-order valence-corrected chi connectivity index (χ2v) is 9.51. The molecule has 0 saturated carbocycles. The Morgan fingerprint density at radius 2 is 1.97 bits per heavy atom. The maximum Gasteiger partial charge on any atom is 0.343 e. The number of aliphatic hydroxyl groups is 1. The summed E-state index contributed by atoms with van der Waals surface area (Å²) >= 11 is 12.2. The normalized spacial score (nSPS) is 17.6. The number of carbonyl (C=O) groups is 1. The standard InChI is InChI=1S/C24H28Cl2N2O6/c1-31-23(30)14-33-21-10-22(19(27)9-18(21)26)32-13-17(29)12-28-6-4-24(5-7-28)11-15-8-16(25)2-3-20(15)34-24/h2-3,8-10,17,29H,4-7,11-14,27H2,1H3/t17-/m0/s1. The number of anilines is 1. The van der Waals surface area contributed by atoms with Crippen molar-refractivity contribution in [3.63, 3.8) is 0 Å². The lowest BCUT2D eigenvalue weighted by atomic mass is 9.87. The number of esters is 1. The van der Waals surface area contributed by atoms with Crippen molar-refractivity contribution in [3.05, 3.63) is 45.9 Å². The summed E-state index contributed by atoms with van der Waals surface area (Å²) in [6.07, 6.45) is 1.89. The smallest absolute Gasteiger partial charge is 0.343 e. The third-order valence-electron chi connectivity index (χ3n) is 6.17. The third-order valence-corrected chi connectivity index (χ3v) is 6.70. The van der Waals surface area contributed by atoms with E-state index in [0.29, 0.717) is 18.0 Å². The van der Waals surface area contributed by atoms with Crippen molar-refractivity contribution in [2.75, 3.05) is 45.7 Å². The van der Waals surface area contributed by atoms with Gasteiger partial charge in [0.1, 0.15) is 35.6 Å². The van der Waals surface area contributed by atoms with Crippen LogP contribution in [0.25, 0.3) is 0 Å².